The van der Waals surface area contributed by atoms with E-state index in [1.807, 2.05) is 91.9 Å². The monoisotopic (exact) mass is 433 g/mol. The van der Waals surface area contributed by atoms with Crippen molar-refractivity contribution in [2.24, 2.45) is 0 Å². The van der Waals surface area contributed by atoms with Crippen LogP contribution in [0, 0.1) is 0 Å². The molecular weight excluding hydrogens is 414 g/mol. The predicted octanol–water partition coefficient (Wildman–Crippen LogP) is 6.28. The topological polar surface area (TPSA) is 38.8 Å². The Balaban J connectivity index is 1.54. The van der Waals surface area contributed by atoms with Gasteiger partial charge in [0.25, 0.3) is 5.91 Å². The second kappa shape index (κ2) is 9.15. The first-order valence-electron chi connectivity index (χ1n) is 9.48. The average molecular weight is 434 g/mol. The Hall–Kier alpha value is -3.09. The molecule has 1 aliphatic heterocycles. The molecule has 1 aliphatic rings. The number of rotatable bonds is 6. The van der Waals surface area contributed by atoms with E-state index >= 15 is 0 Å². The van der Waals surface area contributed by atoms with Crippen LogP contribution in [0.15, 0.2) is 83.8 Å². The fourth-order valence-electron chi connectivity index (χ4n) is 2.99. The van der Waals surface area contributed by atoms with Gasteiger partial charge in [0.05, 0.1) is 17.2 Å². The summed E-state index contributed by atoms with van der Waals surface area (Å²) < 4.78 is 11.9. The van der Waals surface area contributed by atoms with Crippen LogP contribution in [0.3, 0.4) is 0 Å². The van der Waals surface area contributed by atoms with Crippen molar-refractivity contribution >= 4 is 46.0 Å². The molecule has 3 aromatic carbocycles. The normalized spacial score (nSPS) is 15.0. The summed E-state index contributed by atoms with van der Waals surface area (Å²) in [7, 11) is 0. The zero-order valence-corrected chi connectivity index (χ0v) is 17.9. The quantitative estimate of drug-likeness (QED) is 0.338. The third-order valence-corrected chi connectivity index (χ3v) is 5.64. The van der Waals surface area contributed by atoms with Gasteiger partial charge in [0.1, 0.15) is 17.2 Å². The van der Waals surface area contributed by atoms with Crippen LogP contribution in [0.25, 0.3) is 6.08 Å². The van der Waals surface area contributed by atoms with Gasteiger partial charge in [-0.2, -0.15) is 0 Å². The smallest absolute Gasteiger partial charge is 0.270 e. The van der Waals surface area contributed by atoms with Gasteiger partial charge in [0.2, 0.25) is 0 Å². The Bertz CT molecular complexity index is 1090. The molecule has 0 unspecified atom stereocenters. The van der Waals surface area contributed by atoms with Crippen molar-refractivity contribution in [3.05, 3.63) is 89.3 Å². The Morgan fingerprint density at radius 1 is 0.933 bits per heavy atom. The summed E-state index contributed by atoms with van der Waals surface area (Å²) in [6, 6.07) is 24.6. The van der Waals surface area contributed by atoms with Crippen molar-refractivity contribution < 1.29 is 14.3 Å². The van der Waals surface area contributed by atoms with Crippen molar-refractivity contribution in [3.8, 4) is 17.2 Å². The molecule has 1 saturated heterocycles. The second-order valence-corrected chi connectivity index (χ2v) is 8.11. The summed E-state index contributed by atoms with van der Waals surface area (Å²) >= 11 is 6.75. The molecule has 0 saturated carbocycles. The van der Waals surface area contributed by atoms with Crippen molar-refractivity contribution in [3.63, 3.8) is 0 Å². The second-order valence-electron chi connectivity index (χ2n) is 6.43. The van der Waals surface area contributed by atoms with E-state index in [0.29, 0.717) is 21.6 Å². The van der Waals surface area contributed by atoms with Crippen molar-refractivity contribution in [1.82, 2.24) is 0 Å². The lowest BCUT2D eigenvalue weighted by Gasteiger charge is -2.15. The van der Waals surface area contributed by atoms with E-state index < -0.39 is 0 Å². The van der Waals surface area contributed by atoms with Crippen LogP contribution in [-0.4, -0.2) is 16.8 Å². The molecule has 0 atom stereocenters. The molecule has 0 bridgehead atoms. The van der Waals surface area contributed by atoms with E-state index in [0.717, 1.165) is 22.7 Å². The highest BCUT2D eigenvalue weighted by Gasteiger charge is 2.33. The minimum absolute atomic E-state index is 0.136. The number of carbonyl (C=O) groups is 1. The van der Waals surface area contributed by atoms with Crippen LogP contribution in [0.4, 0.5) is 5.69 Å². The van der Waals surface area contributed by atoms with E-state index in [9.17, 15) is 4.79 Å². The highest BCUT2D eigenvalue weighted by Crippen LogP contribution is 2.37. The molecule has 4 nitrogen and oxygen atoms in total. The fourth-order valence-corrected chi connectivity index (χ4v) is 4.29. The summed E-state index contributed by atoms with van der Waals surface area (Å²) in [6.45, 7) is 2.52. The van der Waals surface area contributed by atoms with Gasteiger partial charge in [-0.1, -0.05) is 54.3 Å². The number of para-hydroxylation sites is 1. The fraction of sp³-hybridized carbons (Fsp3) is 0.0833. The molecular formula is C24H19NO3S2. The number of hydrogen-bond donors (Lipinski definition) is 0. The van der Waals surface area contributed by atoms with Gasteiger partial charge in [0, 0.05) is 0 Å². The van der Waals surface area contributed by atoms with Crippen LogP contribution in [-0.2, 0) is 4.79 Å². The third-order valence-electron chi connectivity index (χ3n) is 4.33. The Labute approximate surface area is 185 Å². The van der Waals surface area contributed by atoms with Crippen LogP contribution >= 0.6 is 24.0 Å². The minimum atomic E-state index is -0.136. The maximum atomic E-state index is 13.0. The summed E-state index contributed by atoms with van der Waals surface area (Å²) in [6.07, 6.45) is 1.84. The number of amides is 1. The van der Waals surface area contributed by atoms with Crippen LogP contribution in [0.1, 0.15) is 12.5 Å². The first-order valence-corrected chi connectivity index (χ1v) is 10.7. The molecule has 1 amide bonds. The SMILES string of the molecule is CCOc1ccc(N2C(=O)/C(=C\c3cccc(Oc4ccccc4)c3)SC2=S)cc1. The highest BCUT2D eigenvalue weighted by atomic mass is 32.2. The van der Waals surface area contributed by atoms with E-state index in [1.165, 1.54) is 11.8 Å². The largest absolute Gasteiger partial charge is 0.494 e. The van der Waals surface area contributed by atoms with Crippen molar-refractivity contribution in [1.29, 1.82) is 0 Å². The number of thiocarbonyl (C=S) groups is 1. The van der Waals surface area contributed by atoms with E-state index in [1.54, 1.807) is 4.90 Å². The number of ether oxygens (including phenoxy) is 2. The Kier molecular flexibility index (Phi) is 6.16. The number of anilines is 1. The van der Waals surface area contributed by atoms with Crippen molar-refractivity contribution in [2.45, 2.75) is 6.92 Å². The van der Waals surface area contributed by atoms with Gasteiger partial charge in [-0.25, -0.2) is 0 Å². The van der Waals surface area contributed by atoms with E-state index in [2.05, 4.69) is 0 Å². The first-order chi connectivity index (χ1) is 14.6. The molecule has 6 heteroatoms. The number of thioether (sulfide) groups is 1. The first kappa shape index (κ1) is 20.2. The summed E-state index contributed by atoms with van der Waals surface area (Å²) in [4.78, 5) is 15.1. The van der Waals surface area contributed by atoms with Crippen LogP contribution in [0.2, 0.25) is 0 Å². The lowest BCUT2D eigenvalue weighted by atomic mass is 10.2. The van der Waals surface area contributed by atoms with Crippen LogP contribution in [0.5, 0.6) is 17.2 Å². The molecule has 0 spiro atoms. The number of hydrogen-bond acceptors (Lipinski definition) is 5. The van der Waals surface area contributed by atoms with Gasteiger partial charge in [-0.05, 0) is 67.1 Å². The average Bonchev–Trinajstić information content (AvgIpc) is 3.03. The Morgan fingerprint density at radius 3 is 2.40 bits per heavy atom. The molecule has 0 N–H and O–H groups in total. The maximum Gasteiger partial charge on any atom is 0.270 e. The molecule has 3 aromatic rings. The summed E-state index contributed by atoms with van der Waals surface area (Å²) in [5.74, 6) is 2.09. The maximum absolute atomic E-state index is 13.0. The van der Waals surface area contributed by atoms with E-state index in [-0.39, 0.29) is 5.91 Å². The number of carbonyl (C=O) groups excluding carboxylic acids is 1. The molecule has 0 aromatic heterocycles. The minimum Gasteiger partial charge on any atom is -0.494 e. The molecule has 1 heterocycles. The lowest BCUT2D eigenvalue weighted by Crippen LogP contribution is -2.27. The lowest BCUT2D eigenvalue weighted by molar-refractivity contribution is -0.113. The standard InChI is InChI=1S/C24H19NO3S2/c1-2-27-19-13-11-18(12-14-19)25-23(26)22(30-24(25)29)16-17-7-6-10-21(15-17)28-20-8-4-3-5-9-20/h3-16H,2H2,1H3/b22-16+. The van der Waals surface area contributed by atoms with Crippen molar-refractivity contribution in [2.75, 3.05) is 11.5 Å². The van der Waals surface area contributed by atoms with Gasteiger partial charge < -0.3 is 9.47 Å². The number of nitrogens with zero attached hydrogens (tertiary/aromatic N) is 1. The molecule has 150 valence electrons. The summed E-state index contributed by atoms with van der Waals surface area (Å²) in [5, 5.41) is 0. The molecule has 4 rings (SSSR count). The van der Waals surface area contributed by atoms with Gasteiger partial charge in [-0.15, -0.1) is 0 Å². The summed E-state index contributed by atoms with van der Waals surface area (Å²) in [5.41, 5.74) is 1.60. The van der Waals surface area contributed by atoms with E-state index in [4.69, 9.17) is 21.7 Å². The zero-order valence-electron chi connectivity index (χ0n) is 16.3. The highest BCUT2D eigenvalue weighted by molar-refractivity contribution is 8.27. The number of benzene rings is 3. The van der Waals surface area contributed by atoms with Gasteiger partial charge >= 0.3 is 0 Å². The molecule has 0 aliphatic carbocycles. The predicted molar refractivity (Wildman–Crippen MR) is 126 cm³/mol. The van der Waals surface area contributed by atoms with Gasteiger partial charge in [-0.3, -0.25) is 9.69 Å². The van der Waals surface area contributed by atoms with Crippen LogP contribution < -0.4 is 14.4 Å². The third kappa shape index (κ3) is 4.56. The Morgan fingerprint density at radius 2 is 1.67 bits per heavy atom. The molecule has 0 radical (unpaired) electrons. The zero-order chi connectivity index (χ0) is 20.9. The molecule has 30 heavy (non-hydrogen) atoms. The van der Waals surface area contributed by atoms with Gasteiger partial charge in [0.15, 0.2) is 4.32 Å². The molecule has 1 fully saturated rings.